The molecule has 0 N–H and O–H groups in total. The monoisotopic (exact) mass is 299 g/mol. The highest BCUT2D eigenvalue weighted by Crippen LogP contribution is 2.46. The second-order valence-electron chi connectivity index (χ2n) is 8.28. The minimum absolute atomic E-state index is 0.258. The Labute approximate surface area is 134 Å². The predicted octanol–water partition coefficient (Wildman–Crippen LogP) is 4.38. The lowest BCUT2D eigenvalue weighted by Crippen LogP contribution is -2.38. The van der Waals surface area contributed by atoms with Crippen LogP contribution in [0, 0.1) is 24.2 Å². The van der Waals surface area contributed by atoms with Crippen LogP contribution in [0.1, 0.15) is 57.1 Å². The highest BCUT2D eigenvalue weighted by Gasteiger charge is 2.44. The third-order valence-electron chi connectivity index (χ3n) is 5.62. The molecule has 1 heterocycles. The second-order valence-corrected chi connectivity index (χ2v) is 8.28. The standard InChI is InChI=1S/C20H29NO/c1-14-8-5-6-10-16(14)17-11-7-9-15-12-21(13-18(15)17)19(22)20(2,3)4/h5-6,8,10,15,17-18H,7,9,11-13H2,1-4H3/t15?,17?,18-/m1/s1. The van der Waals surface area contributed by atoms with E-state index in [4.69, 9.17) is 0 Å². The van der Waals surface area contributed by atoms with E-state index >= 15 is 0 Å². The molecule has 0 radical (unpaired) electrons. The smallest absolute Gasteiger partial charge is 0.227 e. The maximum absolute atomic E-state index is 12.6. The predicted molar refractivity (Wildman–Crippen MR) is 90.8 cm³/mol. The van der Waals surface area contributed by atoms with Crippen LogP contribution in [0.4, 0.5) is 0 Å². The van der Waals surface area contributed by atoms with Gasteiger partial charge in [0.2, 0.25) is 5.91 Å². The van der Waals surface area contributed by atoms with Gasteiger partial charge < -0.3 is 4.90 Å². The fourth-order valence-electron chi connectivity index (χ4n) is 4.50. The summed E-state index contributed by atoms with van der Waals surface area (Å²) in [5.74, 6) is 2.31. The van der Waals surface area contributed by atoms with Gasteiger partial charge in [-0.25, -0.2) is 0 Å². The minimum Gasteiger partial charge on any atom is -0.342 e. The molecular formula is C20H29NO. The van der Waals surface area contributed by atoms with Crippen LogP contribution in [0.2, 0.25) is 0 Å². The molecule has 1 saturated carbocycles. The lowest BCUT2D eigenvalue weighted by Gasteiger charge is -2.34. The number of carbonyl (C=O) groups excluding carboxylic acids is 1. The van der Waals surface area contributed by atoms with Gasteiger partial charge in [0.05, 0.1) is 0 Å². The molecule has 1 aromatic rings. The van der Waals surface area contributed by atoms with Gasteiger partial charge in [-0.15, -0.1) is 0 Å². The molecule has 2 heteroatoms. The quantitative estimate of drug-likeness (QED) is 0.753. The number of likely N-dealkylation sites (tertiary alicyclic amines) is 1. The SMILES string of the molecule is Cc1ccccc1C1CCCC2CN(C(=O)C(C)(C)C)C[C@H]21. The topological polar surface area (TPSA) is 20.3 Å². The van der Waals surface area contributed by atoms with Crippen molar-refractivity contribution in [2.24, 2.45) is 17.3 Å². The van der Waals surface area contributed by atoms with Crippen molar-refractivity contribution >= 4 is 5.91 Å². The molecule has 1 amide bonds. The fourth-order valence-corrected chi connectivity index (χ4v) is 4.50. The largest absolute Gasteiger partial charge is 0.342 e. The van der Waals surface area contributed by atoms with Crippen molar-refractivity contribution in [2.45, 2.75) is 52.9 Å². The number of fused-ring (bicyclic) bond motifs is 1. The summed E-state index contributed by atoms with van der Waals surface area (Å²) in [7, 11) is 0. The van der Waals surface area contributed by atoms with Crippen molar-refractivity contribution in [1.29, 1.82) is 0 Å². The summed E-state index contributed by atoms with van der Waals surface area (Å²) in [6.07, 6.45) is 3.88. The molecule has 1 saturated heterocycles. The van der Waals surface area contributed by atoms with E-state index in [9.17, 15) is 4.79 Å². The third kappa shape index (κ3) is 2.80. The molecule has 1 aromatic carbocycles. The van der Waals surface area contributed by atoms with E-state index < -0.39 is 0 Å². The van der Waals surface area contributed by atoms with Crippen LogP contribution in [0.5, 0.6) is 0 Å². The Hall–Kier alpha value is -1.31. The van der Waals surface area contributed by atoms with E-state index in [-0.39, 0.29) is 5.41 Å². The summed E-state index contributed by atoms with van der Waals surface area (Å²) in [6, 6.07) is 8.82. The van der Waals surface area contributed by atoms with Crippen LogP contribution >= 0.6 is 0 Å². The second kappa shape index (κ2) is 5.72. The van der Waals surface area contributed by atoms with Crippen LogP contribution in [0.15, 0.2) is 24.3 Å². The summed E-state index contributed by atoms with van der Waals surface area (Å²) in [6.45, 7) is 10.3. The number of hydrogen-bond donors (Lipinski definition) is 0. The molecule has 2 aliphatic rings. The highest BCUT2D eigenvalue weighted by atomic mass is 16.2. The summed E-state index contributed by atoms with van der Waals surface area (Å²) in [4.78, 5) is 14.8. The van der Waals surface area contributed by atoms with Crippen molar-refractivity contribution in [3.05, 3.63) is 35.4 Å². The van der Waals surface area contributed by atoms with Gasteiger partial charge in [-0.2, -0.15) is 0 Å². The Balaban J connectivity index is 1.82. The van der Waals surface area contributed by atoms with Gasteiger partial charge in [0, 0.05) is 18.5 Å². The van der Waals surface area contributed by atoms with Crippen LogP contribution in [0.25, 0.3) is 0 Å². The Morgan fingerprint density at radius 2 is 1.86 bits per heavy atom. The molecule has 3 atom stereocenters. The molecule has 2 nitrogen and oxygen atoms in total. The fraction of sp³-hybridized carbons (Fsp3) is 0.650. The number of rotatable bonds is 1. The molecule has 3 rings (SSSR count). The minimum atomic E-state index is -0.258. The van der Waals surface area contributed by atoms with Gasteiger partial charge >= 0.3 is 0 Å². The van der Waals surface area contributed by atoms with E-state index in [1.165, 1.54) is 30.4 Å². The lowest BCUT2D eigenvalue weighted by atomic mass is 9.70. The van der Waals surface area contributed by atoms with Gasteiger partial charge in [0.1, 0.15) is 0 Å². The van der Waals surface area contributed by atoms with E-state index in [1.54, 1.807) is 0 Å². The van der Waals surface area contributed by atoms with Crippen molar-refractivity contribution < 1.29 is 4.79 Å². The third-order valence-corrected chi connectivity index (χ3v) is 5.62. The molecule has 120 valence electrons. The number of hydrogen-bond acceptors (Lipinski definition) is 1. The molecule has 1 aliphatic carbocycles. The first-order valence-corrected chi connectivity index (χ1v) is 8.73. The first-order chi connectivity index (χ1) is 10.4. The summed E-state index contributed by atoms with van der Waals surface area (Å²) < 4.78 is 0. The average Bonchev–Trinajstić information content (AvgIpc) is 2.90. The van der Waals surface area contributed by atoms with Crippen molar-refractivity contribution in [3.8, 4) is 0 Å². The molecule has 0 bridgehead atoms. The average molecular weight is 299 g/mol. The van der Waals surface area contributed by atoms with Crippen molar-refractivity contribution in [2.75, 3.05) is 13.1 Å². The molecule has 0 spiro atoms. The molecule has 2 unspecified atom stereocenters. The van der Waals surface area contributed by atoms with E-state index in [0.717, 1.165) is 13.1 Å². The number of aryl methyl sites for hydroxylation is 1. The molecule has 0 aromatic heterocycles. The van der Waals surface area contributed by atoms with E-state index in [1.807, 2.05) is 20.8 Å². The normalized spacial score (nSPS) is 28.5. The first kappa shape index (κ1) is 15.6. The zero-order chi connectivity index (χ0) is 15.9. The molecular weight excluding hydrogens is 270 g/mol. The van der Waals surface area contributed by atoms with Crippen molar-refractivity contribution in [1.82, 2.24) is 4.90 Å². The van der Waals surface area contributed by atoms with E-state index in [0.29, 0.717) is 23.7 Å². The van der Waals surface area contributed by atoms with Crippen LogP contribution in [-0.4, -0.2) is 23.9 Å². The highest BCUT2D eigenvalue weighted by molar-refractivity contribution is 5.81. The Morgan fingerprint density at radius 3 is 2.55 bits per heavy atom. The summed E-state index contributed by atoms with van der Waals surface area (Å²) in [5.41, 5.74) is 2.67. The maximum Gasteiger partial charge on any atom is 0.227 e. The zero-order valence-electron chi connectivity index (χ0n) is 14.4. The number of carbonyl (C=O) groups is 1. The van der Waals surface area contributed by atoms with Gasteiger partial charge in [0.25, 0.3) is 0 Å². The van der Waals surface area contributed by atoms with Crippen LogP contribution < -0.4 is 0 Å². The van der Waals surface area contributed by atoms with Gasteiger partial charge in [-0.05, 0) is 48.6 Å². The maximum atomic E-state index is 12.6. The number of amides is 1. The molecule has 1 aliphatic heterocycles. The number of benzene rings is 1. The number of nitrogens with zero attached hydrogens (tertiary/aromatic N) is 1. The van der Waals surface area contributed by atoms with E-state index in [2.05, 4.69) is 36.1 Å². The lowest BCUT2D eigenvalue weighted by molar-refractivity contribution is -0.138. The van der Waals surface area contributed by atoms with Crippen LogP contribution in [-0.2, 0) is 4.79 Å². The van der Waals surface area contributed by atoms with Crippen LogP contribution in [0.3, 0.4) is 0 Å². The van der Waals surface area contributed by atoms with Gasteiger partial charge in [-0.1, -0.05) is 51.5 Å². The van der Waals surface area contributed by atoms with Crippen molar-refractivity contribution in [3.63, 3.8) is 0 Å². The van der Waals surface area contributed by atoms with Gasteiger partial charge in [-0.3, -0.25) is 4.79 Å². The molecule has 2 fully saturated rings. The Morgan fingerprint density at radius 1 is 1.14 bits per heavy atom. The first-order valence-electron chi connectivity index (χ1n) is 8.73. The Bertz CT molecular complexity index is 557. The summed E-state index contributed by atoms with van der Waals surface area (Å²) >= 11 is 0. The Kier molecular flexibility index (Phi) is 4.05. The molecule has 22 heavy (non-hydrogen) atoms. The van der Waals surface area contributed by atoms with Gasteiger partial charge in [0.15, 0.2) is 0 Å². The summed E-state index contributed by atoms with van der Waals surface area (Å²) in [5, 5.41) is 0. The zero-order valence-corrected chi connectivity index (χ0v) is 14.4.